The van der Waals surface area contributed by atoms with Gasteiger partial charge in [0.1, 0.15) is 0 Å². The van der Waals surface area contributed by atoms with Gasteiger partial charge in [-0.15, -0.1) is 0 Å². The minimum Gasteiger partial charge on any atom is -0.469 e. The highest BCUT2D eigenvalue weighted by molar-refractivity contribution is 5.81. The molecule has 0 aromatic heterocycles. The Bertz CT molecular complexity index is 250. The van der Waals surface area contributed by atoms with Gasteiger partial charge in [0.2, 0.25) is 0 Å². The summed E-state index contributed by atoms with van der Waals surface area (Å²) in [4.78, 5) is 24.1. The van der Waals surface area contributed by atoms with Gasteiger partial charge in [-0.25, -0.2) is 0 Å². The Hall–Kier alpha value is -1.14. The van der Waals surface area contributed by atoms with Crippen molar-refractivity contribution in [2.75, 3.05) is 40.5 Å². The highest BCUT2D eigenvalue weighted by Crippen LogP contribution is 2.04. The van der Waals surface area contributed by atoms with Crippen LogP contribution in [-0.2, 0) is 23.8 Å². The van der Waals surface area contributed by atoms with Gasteiger partial charge in [-0.05, 0) is 0 Å². The number of hydrogen-bond acceptors (Lipinski definition) is 5. The largest absolute Gasteiger partial charge is 0.469 e. The fourth-order valence-electron chi connectivity index (χ4n) is 1.35. The van der Waals surface area contributed by atoms with E-state index >= 15 is 0 Å². The highest BCUT2D eigenvalue weighted by atomic mass is 16.6. The van der Waals surface area contributed by atoms with Crippen LogP contribution in [0.1, 0.15) is 6.42 Å². The normalized spacial score (nSPS) is 20.2. The molecule has 1 aliphatic rings. The molecule has 1 fully saturated rings. The third kappa shape index (κ3) is 3.79. The second-order valence-corrected chi connectivity index (χ2v) is 3.52. The van der Waals surface area contributed by atoms with Crippen molar-refractivity contribution in [3.63, 3.8) is 0 Å². The lowest BCUT2D eigenvalue weighted by Gasteiger charge is -2.26. The highest BCUT2D eigenvalue weighted by Gasteiger charge is 2.25. The number of hydrogen-bond donors (Lipinski definition) is 0. The van der Waals surface area contributed by atoms with E-state index < -0.39 is 6.10 Å². The maximum Gasteiger partial charge on any atom is 0.307 e. The van der Waals surface area contributed by atoms with Gasteiger partial charge in [-0.2, -0.15) is 0 Å². The molecule has 0 aromatic carbocycles. The van der Waals surface area contributed by atoms with Crippen molar-refractivity contribution < 1.29 is 23.8 Å². The van der Waals surface area contributed by atoms with Gasteiger partial charge >= 0.3 is 5.97 Å². The first kappa shape index (κ1) is 12.9. The lowest BCUT2D eigenvalue weighted by molar-refractivity contribution is -0.157. The molecule has 0 bridgehead atoms. The maximum absolute atomic E-state index is 11.8. The fourth-order valence-corrected chi connectivity index (χ4v) is 1.35. The Kier molecular flexibility index (Phi) is 5.21. The molecule has 1 amide bonds. The van der Waals surface area contributed by atoms with Crippen molar-refractivity contribution in [3.05, 3.63) is 0 Å². The number of amides is 1. The van der Waals surface area contributed by atoms with Crippen LogP contribution < -0.4 is 0 Å². The van der Waals surface area contributed by atoms with Crippen molar-refractivity contribution in [1.82, 2.24) is 4.90 Å². The molecule has 6 heteroatoms. The van der Waals surface area contributed by atoms with Crippen LogP contribution in [0.4, 0.5) is 0 Å². The van der Waals surface area contributed by atoms with Gasteiger partial charge in [0, 0.05) is 13.6 Å². The lowest BCUT2D eigenvalue weighted by Crippen LogP contribution is -2.44. The molecule has 0 saturated carbocycles. The zero-order valence-corrected chi connectivity index (χ0v) is 9.60. The van der Waals surface area contributed by atoms with Crippen LogP contribution in [0, 0.1) is 0 Å². The smallest absolute Gasteiger partial charge is 0.307 e. The molecule has 1 heterocycles. The number of rotatable bonds is 4. The van der Waals surface area contributed by atoms with Gasteiger partial charge < -0.3 is 19.1 Å². The van der Waals surface area contributed by atoms with Crippen LogP contribution in [0.15, 0.2) is 0 Å². The van der Waals surface area contributed by atoms with E-state index in [0.717, 1.165) is 0 Å². The first-order chi connectivity index (χ1) is 7.65. The zero-order valence-electron chi connectivity index (χ0n) is 9.60. The lowest BCUT2D eigenvalue weighted by atomic mass is 10.3. The van der Waals surface area contributed by atoms with E-state index in [1.54, 1.807) is 7.05 Å². The topological polar surface area (TPSA) is 65.1 Å². The van der Waals surface area contributed by atoms with Crippen LogP contribution in [0.5, 0.6) is 0 Å². The third-order valence-electron chi connectivity index (χ3n) is 2.35. The summed E-state index contributed by atoms with van der Waals surface area (Å²) in [5.74, 6) is -0.496. The SMILES string of the molecule is COC(=O)CCN(C)C(=O)C1COCCO1. The molecule has 0 N–H and O–H groups in total. The molecule has 92 valence electrons. The predicted molar refractivity (Wildman–Crippen MR) is 54.8 cm³/mol. The van der Waals surface area contributed by atoms with Crippen LogP contribution in [0.3, 0.4) is 0 Å². The summed E-state index contributed by atoms with van der Waals surface area (Å²) < 4.78 is 14.9. The Morgan fingerprint density at radius 1 is 1.44 bits per heavy atom. The van der Waals surface area contributed by atoms with Crippen molar-refractivity contribution in [1.29, 1.82) is 0 Å². The quantitative estimate of drug-likeness (QED) is 0.606. The summed E-state index contributed by atoms with van der Waals surface area (Å²) in [6.45, 7) is 1.56. The molecule has 0 aromatic rings. The maximum atomic E-state index is 11.8. The van der Waals surface area contributed by atoms with E-state index in [2.05, 4.69) is 4.74 Å². The zero-order chi connectivity index (χ0) is 12.0. The summed E-state index contributed by atoms with van der Waals surface area (Å²) in [6.07, 6.45) is -0.358. The molecule has 1 aliphatic heterocycles. The molecule has 0 aliphatic carbocycles. The summed E-state index contributed by atoms with van der Waals surface area (Å²) in [7, 11) is 2.95. The number of methoxy groups -OCH3 is 1. The summed E-state index contributed by atoms with van der Waals surface area (Å²) in [5, 5.41) is 0. The van der Waals surface area contributed by atoms with Gasteiger partial charge in [-0.3, -0.25) is 9.59 Å². The van der Waals surface area contributed by atoms with E-state index in [4.69, 9.17) is 9.47 Å². The Labute approximate surface area is 94.4 Å². The van der Waals surface area contributed by atoms with Crippen molar-refractivity contribution >= 4 is 11.9 Å². The van der Waals surface area contributed by atoms with E-state index in [1.165, 1.54) is 12.0 Å². The molecule has 1 atom stereocenters. The van der Waals surface area contributed by atoms with E-state index in [9.17, 15) is 9.59 Å². The number of carbonyl (C=O) groups is 2. The van der Waals surface area contributed by atoms with Crippen molar-refractivity contribution in [2.24, 2.45) is 0 Å². The third-order valence-corrected chi connectivity index (χ3v) is 2.35. The molecule has 0 spiro atoms. The molecule has 1 saturated heterocycles. The molecule has 1 unspecified atom stereocenters. The number of carbonyl (C=O) groups excluding carboxylic acids is 2. The Morgan fingerprint density at radius 2 is 2.19 bits per heavy atom. The van der Waals surface area contributed by atoms with Crippen LogP contribution >= 0.6 is 0 Å². The van der Waals surface area contributed by atoms with E-state index in [-0.39, 0.29) is 24.9 Å². The monoisotopic (exact) mass is 231 g/mol. The van der Waals surface area contributed by atoms with Crippen LogP contribution in [0.25, 0.3) is 0 Å². The average Bonchev–Trinajstić information content (AvgIpc) is 2.35. The summed E-state index contributed by atoms with van der Waals surface area (Å²) in [5.41, 5.74) is 0. The minimum absolute atomic E-state index is 0.163. The molecule has 16 heavy (non-hydrogen) atoms. The minimum atomic E-state index is -0.545. The molecule has 6 nitrogen and oxygen atoms in total. The summed E-state index contributed by atoms with van der Waals surface area (Å²) in [6, 6.07) is 0. The average molecular weight is 231 g/mol. The second kappa shape index (κ2) is 6.44. The molecule has 0 radical (unpaired) electrons. The standard InChI is InChI=1S/C10H17NO5/c1-11(4-3-9(12)14-2)10(13)8-7-15-5-6-16-8/h8H,3-7H2,1-2H3. The van der Waals surface area contributed by atoms with Crippen LogP contribution in [0.2, 0.25) is 0 Å². The molecule has 1 rings (SSSR count). The number of ether oxygens (including phenoxy) is 3. The van der Waals surface area contributed by atoms with E-state index in [0.29, 0.717) is 19.8 Å². The number of likely N-dealkylation sites (N-methyl/N-ethyl adjacent to an activating group) is 1. The fraction of sp³-hybridized carbons (Fsp3) is 0.800. The van der Waals surface area contributed by atoms with Gasteiger partial charge in [-0.1, -0.05) is 0 Å². The molecular weight excluding hydrogens is 214 g/mol. The number of esters is 1. The van der Waals surface area contributed by atoms with Crippen molar-refractivity contribution in [2.45, 2.75) is 12.5 Å². The second-order valence-electron chi connectivity index (χ2n) is 3.52. The van der Waals surface area contributed by atoms with E-state index in [1.807, 2.05) is 0 Å². The molecular formula is C10H17NO5. The first-order valence-corrected chi connectivity index (χ1v) is 5.16. The van der Waals surface area contributed by atoms with Crippen LogP contribution in [-0.4, -0.2) is 63.4 Å². The first-order valence-electron chi connectivity index (χ1n) is 5.16. The Morgan fingerprint density at radius 3 is 2.75 bits per heavy atom. The van der Waals surface area contributed by atoms with Gasteiger partial charge in [0.05, 0.1) is 33.4 Å². The van der Waals surface area contributed by atoms with Gasteiger partial charge in [0.25, 0.3) is 5.91 Å². The number of nitrogens with zero attached hydrogens (tertiary/aromatic N) is 1. The van der Waals surface area contributed by atoms with Crippen molar-refractivity contribution in [3.8, 4) is 0 Å². The predicted octanol–water partition coefficient (Wildman–Crippen LogP) is -0.577. The van der Waals surface area contributed by atoms with Gasteiger partial charge in [0.15, 0.2) is 6.10 Å². The Balaban J connectivity index is 2.31. The summed E-state index contributed by atoms with van der Waals surface area (Å²) >= 11 is 0.